The second-order valence-corrected chi connectivity index (χ2v) is 7.50. The van der Waals surface area contributed by atoms with Crippen LogP contribution in [0.25, 0.3) is 6.08 Å². The van der Waals surface area contributed by atoms with E-state index in [-0.39, 0.29) is 18.1 Å². The Balaban J connectivity index is 1.58. The van der Waals surface area contributed by atoms with E-state index in [1.165, 1.54) is 23.8 Å². The predicted octanol–water partition coefficient (Wildman–Crippen LogP) is 3.11. The minimum atomic E-state index is -0.208. The Hall–Kier alpha value is -2.43. The van der Waals surface area contributed by atoms with Gasteiger partial charge in [-0.2, -0.15) is 0 Å². The van der Waals surface area contributed by atoms with Crippen LogP contribution in [0.15, 0.2) is 66.2 Å². The Morgan fingerprint density at radius 2 is 1.85 bits per heavy atom. The minimum Gasteiger partial charge on any atom is -0.468 e. The van der Waals surface area contributed by atoms with Gasteiger partial charge in [0.2, 0.25) is 0 Å². The summed E-state index contributed by atoms with van der Waals surface area (Å²) in [7, 11) is 1.47. The summed E-state index contributed by atoms with van der Waals surface area (Å²) in [6.45, 7) is 2.83. The molecule has 0 amide bonds. The van der Waals surface area contributed by atoms with Crippen molar-refractivity contribution in [2.24, 2.45) is 5.92 Å². The number of benzene rings is 2. The molecule has 4 rings (SSSR count). The molecule has 2 aromatic carbocycles. The van der Waals surface area contributed by atoms with Gasteiger partial charge in [-0.05, 0) is 29.0 Å². The van der Waals surface area contributed by atoms with Crippen LogP contribution in [0.1, 0.15) is 17.5 Å². The number of carbonyl (C=O) groups excluding carboxylic acids is 1. The van der Waals surface area contributed by atoms with E-state index in [4.69, 9.17) is 4.74 Å². The summed E-state index contributed by atoms with van der Waals surface area (Å²) in [5.74, 6) is 0.264. The minimum absolute atomic E-state index is 0.155. The van der Waals surface area contributed by atoms with E-state index in [1.54, 1.807) is 0 Å². The zero-order valence-corrected chi connectivity index (χ0v) is 15.7. The fourth-order valence-electron chi connectivity index (χ4n) is 4.37. The second kappa shape index (κ2) is 8.07. The lowest BCUT2D eigenvalue weighted by molar-refractivity contribution is -0.142. The SMILES string of the molecule is COC(=O)[C@H]1C[C@@H]2CN(Cc3ccccc3)C/C(=C\c3ccccc3)[C@@H]2N1. The van der Waals surface area contributed by atoms with Gasteiger partial charge >= 0.3 is 5.97 Å². The predicted molar refractivity (Wildman–Crippen MR) is 107 cm³/mol. The molecule has 2 heterocycles. The number of hydrogen-bond donors (Lipinski definition) is 1. The van der Waals surface area contributed by atoms with Crippen LogP contribution in [-0.2, 0) is 16.1 Å². The van der Waals surface area contributed by atoms with Crippen LogP contribution in [0.2, 0.25) is 0 Å². The first kappa shape index (κ1) is 18.0. The summed E-state index contributed by atoms with van der Waals surface area (Å²) in [6.07, 6.45) is 3.11. The third kappa shape index (κ3) is 4.12. The summed E-state index contributed by atoms with van der Waals surface area (Å²) < 4.78 is 4.98. The molecular weight excluding hydrogens is 336 g/mol. The van der Waals surface area contributed by atoms with Gasteiger partial charge in [-0.3, -0.25) is 15.0 Å². The summed E-state index contributed by atoms with van der Waals surface area (Å²) in [4.78, 5) is 14.6. The molecule has 0 spiro atoms. The van der Waals surface area contributed by atoms with Gasteiger partial charge in [-0.25, -0.2) is 0 Å². The Kier molecular flexibility index (Phi) is 5.37. The van der Waals surface area contributed by atoms with E-state index in [1.807, 2.05) is 6.07 Å². The van der Waals surface area contributed by atoms with E-state index in [9.17, 15) is 4.79 Å². The van der Waals surface area contributed by atoms with E-state index in [0.717, 1.165) is 26.1 Å². The molecular formula is C23H26N2O2. The van der Waals surface area contributed by atoms with Gasteiger partial charge in [0.15, 0.2) is 0 Å². The molecule has 2 fully saturated rings. The van der Waals surface area contributed by atoms with E-state index in [2.05, 4.69) is 70.9 Å². The van der Waals surface area contributed by atoms with Crippen LogP contribution in [0.3, 0.4) is 0 Å². The van der Waals surface area contributed by atoms with Gasteiger partial charge < -0.3 is 4.74 Å². The van der Waals surface area contributed by atoms with Gasteiger partial charge in [0.1, 0.15) is 6.04 Å². The quantitative estimate of drug-likeness (QED) is 0.849. The number of fused-ring (bicyclic) bond motifs is 1. The van der Waals surface area contributed by atoms with Crippen molar-refractivity contribution in [3.8, 4) is 0 Å². The molecule has 1 N–H and O–H groups in total. The molecule has 3 atom stereocenters. The van der Waals surface area contributed by atoms with Crippen molar-refractivity contribution in [3.05, 3.63) is 77.4 Å². The van der Waals surface area contributed by atoms with E-state index < -0.39 is 0 Å². The second-order valence-electron chi connectivity index (χ2n) is 7.50. The third-order valence-electron chi connectivity index (χ3n) is 5.58. The average Bonchev–Trinajstić information content (AvgIpc) is 3.13. The maximum absolute atomic E-state index is 12.1. The van der Waals surface area contributed by atoms with Gasteiger partial charge in [0, 0.05) is 25.7 Å². The van der Waals surface area contributed by atoms with Crippen LogP contribution in [-0.4, -0.2) is 43.2 Å². The molecule has 0 unspecified atom stereocenters. The third-order valence-corrected chi connectivity index (χ3v) is 5.58. The highest BCUT2D eigenvalue weighted by Crippen LogP contribution is 2.33. The summed E-state index contributed by atoms with van der Waals surface area (Å²) in [6, 6.07) is 21.0. The monoisotopic (exact) mass is 362 g/mol. The van der Waals surface area contributed by atoms with Crippen molar-refractivity contribution in [2.45, 2.75) is 25.0 Å². The molecule has 2 aliphatic rings. The van der Waals surface area contributed by atoms with Gasteiger partial charge in [-0.1, -0.05) is 66.7 Å². The van der Waals surface area contributed by atoms with Gasteiger partial charge in [0.05, 0.1) is 7.11 Å². The molecule has 4 nitrogen and oxygen atoms in total. The molecule has 0 aliphatic carbocycles. The number of esters is 1. The highest BCUT2D eigenvalue weighted by molar-refractivity contribution is 5.76. The smallest absolute Gasteiger partial charge is 0.322 e. The van der Waals surface area contributed by atoms with Crippen LogP contribution < -0.4 is 5.32 Å². The van der Waals surface area contributed by atoms with E-state index in [0.29, 0.717) is 5.92 Å². The molecule has 4 heteroatoms. The lowest BCUT2D eigenvalue weighted by atomic mass is 9.87. The molecule has 2 aromatic rings. The lowest BCUT2D eigenvalue weighted by Crippen LogP contribution is -2.47. The van der Waals surface area contributed by atoms with Crippen LogP contribution >= 0.6 is 0 Å². The average molecular weight is 362 g/mol. The Bertz CT molecular complexity index is 804. The number of nitrogens with one attached hydrogen (secondary N) is 1. The maximum Gasteiger partial charge on any atom is 0.322 e. The normalized spacial score (nSPS) is 26.7. The van der Waals surface area contributed by atoms with Gasteiger partial charge in [0.25, 0.3) is 0 Å². The standard InChI is InChI=1S/C23H26N2O2/c1-27-23(26)21-13-20-16-25(14-18-10-6-3-7-11-18)15-19(22(20)24-21)12-17-8-4-2-5-9-17/h2-12,20-22,24H,13-16H2,1H3/b19-12+/t20-,21-,22+/m1/s1. The van der Waals surface area contributed by atoms with Crippen molar-refractivity contribution in [1.82, 2.24) is 10.2 Å². The zero-order valence-electron chi connectivity index (χ0n) is 15.7. The molecule has 140 valence electrons. The number of nitrogens with zero attached hydrogens (tertiary/aromatic N) is 1. The van der Waals surface area contributed by atoms with Crippen LogP contribution in [0.5, 0.6) is 0 Å². The first-order chi connectivity index (χ1) is 13.2. The van der Waals surface area contributed by atoms with E-state index >= 15 is 0 Å². The highest BCUT2D eigenvalue weighted by atomic mass is 16.5. The Labute approximate surface area is 160 Å². The molecule has 0 saturated carbocycles. The van der Waals surface area contributed by atoms with Crippen molar-refractivity contribution >= 4 is 12.0 Å². The number of rotatable bonds is 4. The fraction of sp³-hybridized carbons (Fsp3) is 0.348. The highest BCUT2D eigenvalue weighted by Gasteiger charge is 2.43. The first-order valence-electron chi connectivity index (χ1n) is 9.58. The number of likely N-dealkylation sites (tertiary alicyclic amines) is 1. The summed E-state index contributed by atoms with van der Waals surface area (Å²) >= 11 is 0. The maximum atomic E-state index is 12.1. The topological polar surface area (TPSA) is 41.6 Å². The van der Waals surface area contributed by atoms with Crippen molar-refractivity contribution < 1.29 is 9.53 Å². The Morgan fingerprint density at radius 3 is 2.56 bits per heavy atom. The number of hydrogen-bond acceptors (Lipinski definition) is 4. The van der Waals surface area contributed by atoms with Crippen molar-refractivity contribution in [3.63, 3.8) is 0 Å². The molecule has 2 saturated heterocycles. The molecule has 2 aliphatic heterocycles. The van der Waals surface area contributed by atoms with Crippen molar-refractivity contribution in [2.75, 3.05) is 20.2 Å². The number of methoxy groups -OCH3 is 1. The number of carbonyl (C=O) groups is 1. The fourth-order valence-corrected chi connectivity index (χ4v) is 4.37. The van der Waals surface area contributed by atoms with Gasteiger partial charge in [-0.15, -0.1) is 0 Å². The van der Waals surface area contributed by atoms with Crippen LogP contribution in [0, 0.1) is 5.92 Å². The number of piperidine rings is 1. The number of ether oxygens (including phenoxy) is 1. The largest absolute Gasteiger partial charge is 0.468 e. The molecule has 27 heavy (non-hydrogen) atoms. The lowest BCUT2D eigenvalue weighted by Gasteiger charge is -2.37. The molecule has 0 radical (unpaired) electrons. The van der Waals surface area contributed by atoms with Crippen molar-refractivity contribution in [1.29, 1.82) is 0 Å². The first-order valence-corrected chi connectivity index (χ1v) is 9.58. The zero-order chi connectivity index (χ0) is 18.6. The summed E-state index contributed by atoms with van der Waals surface area (Å²) in [5.41, 5.74) is 3.88. The Morgan fingerprint density at radius 1 is 1.15 bits per heavy atom. The summed E-state index contributed by atoms with van der Waals surface area (Å²) in [5, 5.41) is 3.53. The van der Waals surface area contributed by atoms with Crippen LogP contribution in [0.4, 0.5) is 0 Å². The molecule has 0 aromatic heterocycles. The molecule has 0 bridgehead atoms.